The number of hydrogen-bond donors (Lipinski definition) is 3. The molecular formula is C19H28N6O4. The lowest BCUT2D eigenvalue weighted by atomic mass is 10.0. The number of carboxylic acid groups (broad SMARTS) is 1. The van der Waals surface area contributed by atoms with Gasteiger partial charge in [0.05, 0.1) is 12.3 Å². The summed E-state index contributed by atoms with van der Waals surface area (Å²) >= 11 is 0. The summed E-state index contributed by atoms with van der Waals surface area (Å²) in [4.78, 5) is 25.6. The van der Waals surface area contributed by atoms with Crippen LogP contribution in [0.1, 0.15) is 60.9 Å². The molecule has 29 heavy (non-hydrogen) atoms. The zero-order chi connectivity index (χ0) is 21.1. The van der Waals surface area contributed by atoms with Gasteiger partial charge < -0.3 is 20.1 Å². The molecule has 0 unspecified atom stereocenters. The highest BCUT2D eigenvalue weighted by molar-refractivity contribution is 6.02. The Morgan fingerprint density at radius 3 is 2.83 bits per heavy atom. The number of amides is 2. The number of carbonyl (C=O) groups excluding carboxylic acids is 1. The van der Waals surface area contributed by atoms with Crippen LogP contribution in [-0.2, 0) is 18.4 Å². The van der Waals surface area contributed by atoms with Gasteiger partial charge in [-0.1, -0.05) is 0 Å². The number of ether oxygens (including phenoxy) is 1. The predicted octanol–water partition coefficient (Wildman–Crippen LogP) is 2.57. The Balaban J connectivity index is 1.64. The van der Waals surface area contributed by atoms with Crippen molar-refractivity contribution >= 4 is 17.8 Å². The molecule has 0 aliphatic heterocycles. The zero-order valence-corrected chi connectivity index (χ0v) is 17.2. The normalized spacial score (nSPS) is 18.9. The molecule has 1 aliphatic carbocycles. The number of anilines is 1. The topological polar surface area (TPSA) is 125 Å². The highest BCUT2D eigenvalue weighted by Crippen LogP contribution is 2.37. The van der Waals surface area contributed by atoms with E-state index in [9.17, 15) is 14.7 Å². The number of H-pyrrole nitrogens is 1. The Bertz CT molecular complexity index is 874. The Labute approximate surface area is 169 Å². The Hall–Kier alpha value is -2.88. The quantitative estimate of drug-likeness (QED) is 0.651. The minimum atomic E-state index is -0.882. The van der Waals surface area contributed by atoms with Gasteiger partial charge in [-0.05, 0) is 39.2 Å². The smallest absolute Gasteiger partial charge is 0.407 e. The van der Waals surface area contributed by atoms with Crippen LogP contribution in [0, 0.1) is 0 Å². The van der Waals surface area contributed by atoms with Crippen molar-refractivity contribution < 1.29 is 19.4 Å². The lowest BCUT2D eigenvalue weighted by Gasteiger charge is -2.30. The monoisotopic (exact) mass is 404 g/mol. The first-order chi connectivity index (χ1) is 13.8. The van der Waals surface area contributed by atoms with Crippen molar-refractivity contribution in [3.8, 4) is 0 Å². The minimum Gasteiger partial charge on any atom is -0.465 e. The zero-order valence-electron chi connectivity index (χ0n) is 17.2. The van der Waals surface area contributed by atoms with Gasteiger partial charge in [-0.25, -0.2) is 4.79 Å². The van der Waals surface area contributed by atoms with Gasteiger partial charge in [0, 0.05) is 43.9 Å². The van der Waals surface area contributed by atoms with E-state index in [1.807, 2.05) is 19.9 Å². The molecule has 3 rings (SSSR count). The van der Waals surface area contributed by atoms with E-state index in [2.05, 4.69) is 20.6 Å². The number of aromatic nitrogens is 4. The molecule has 2 aromatic heterocycles. The highest BCUT2D eigenvalue weighted by Gasteiger charge is 2.34. The van der Waals surface area contributed by atoms with Crippen molar-refractivity contribution in [2.75, 3.05) is 12.4 Å². The third-order valence-corrected chi connectivity index (χ3v) is 5.31. The van der Waals surface area contributed by atoms with Gasteiger partial charge in [-0.2, -0.15) is 10.2 Å². The molecule has 1 aliphatic rings. The first-order valence-electron chi connectivity index (χ1n) is 9.70. The van der Waals surface area contributed by atoms with Crippen molar-refractivity contribution in [2.24, 2.45) is 7.05 Å². The fraction of sp³-hybridized carbons (Fsp3) is 0.579. The predicted molar refractivity (Wildman–Crippen MR) is 106 cm³/mol. The number of hydrogen-bond acceptors (Lipinski definition) is 5. The molecule has 10 heteroatoms. The van der Waals surface area contributed by atoms with Crippen molar-refractivity contribution in [2.45, 2.75) is 57.7 Å². The minimum absolute atomic E-state index is 0.00695. The average Bonchev–Trinajstić information content (AvgIpc) is 3.35. The molecule has 2 heterocycles. The molecule has 1 saturated carbocycles. The maximum Gasteiger partial charge on any atom is 0.407 e. The van der Waals surface area contributed by atoms with E-state index in [1.165, 1.54) is 9.58 Å². The Kier molecular flexibility index (Phi) is 6.21. The van der Waals surface area contributed by atoms with Gasteiger partial charge in [0.1, 0.15) is 5.69 Å². The van der Waals surface area contributed by atoms with Crippen molar-refractivity contribution in [1.82, 2.24) is 24.9 Å². The lowest BCUT2D eigenvalue weighted by Crippen LogP contribution is -2.42. The number of rotatable bonds is 7. The summed E-state index contributed by atoms with van der Waals surface area (Å²) in [5, 5.41) is 23.7. The maximum absolute atomic E-state index is 12.5. The van der Waals surface area contributed by atoms with Crippen molar-refractivity contribution in [1.29, 1.82) is 0 Å². The van der Waals surface area contributed by atoms with E-state index in [0.717, 1.165) is 25.0 Å². The summed E-state index contributed by atoms with van der Waals surface area (Å²) in [5.41, 5.74) is 1.99. The lowest BCUT2D eigenvalue weighted by molar-refractivity contribution is 0.101. The molecule has 2 amide bonds. The molecule has 10 nitrogen and oxygen atoms in total. The van der Waals surface area contributed by atoms with Gasteiger partial charge in [-0.15, -0.1) is 0 Å². The Morgan fingerprint density at radius 2 is 2.17 bits per heavy atom. The third-order valence-electron chi connectivity index (χ3n) is 5.31. The number of nitrogens with zero attached hydrogens (tertiary/aromatic N) is 4. The second kappa shape index (κ2) is 8.64. The second-order valence-electron chi connectivity index (χ2n) is 7.69. The molecule has 2 aromatic rings. The summed E-state index contributed by atoms with van der Waals surface area (Å²) < 4.78 is 6.55. The van der Waals surface area contributed by atoms with Crippen LogP contribution in [0.5, 0.6) is 0 Å². The molecule has 3 N–H and O–H groups in total. The molecular weight excluding hydrogens is 376 g/mol. The van der Waals surface area contributed by atoms with Gasteiger partial charge in [0.25, 0.3) is 5.91 Å². The summed E-state index contributed by atoms with van der Waals surface area (Å²) in [6.07, 6.45) is 1.54. The van der Waals surface area contributed by atoms with E-state index in [0.29, 0.717) is 23.8 Å². The van der Waals surface area contributed by atoms with Gasteiger partial charge in [-0.3, -0.25) is 14.6 Å². The Morgan fingerprint density at radius 1 is 1.41 bits per heavy atom. The van der Waals surface area contributed by atoms with E-state index < -0.39 is 6.09 Å². The van der Waals surface area contributed by atoms with Crippen molar-refractivity contribution in [3.63, 3.8) is 0 Å². The van der Waals surface area contributed by atoms with Crippen LogP contribution in [-0.4, -0.2) is 61.2 Å². The van der Waals surface area contributed by atoms with E-state index in [-0.39, 0.29) is 23.9 Å². The van der Waals surface area contributed by atoms with Crippen LogP contribution in [0.2, 0.25) is 0 Å². The van der Waals surface area contributed by atoms with Crippen LogP contribution >= 0.6 is 0 Å². The number of nitrogens with one attached hydrogen (secondary N) is 2. The summed E-state index contributed by atoms with van der Waals surface area (Å²) in [5.74, 6) is 0.312. The standard InChI is InChI=1S/C19H28N6O4/c1-11(2)25(19(27)28)14-6-5-12(7-14)15-9-17(22-21-15)20-18(26)16-8-13(10-29-4)23-24(16)3/h8-9,11-12,14H,5-7,10H2,1-4H3,(H,27,28)(H2,20,21,22,26)/t12-,14+/m0/s1. The fourth-order valence-corrected chi connectivity index (χ4v) is 4.04. The molecule has 158 valence electrons. The molecule has 0 aromatic carbocycles. The largest absolute Gasteiger partial charge is 0.465 e. The van der Waals surface area contributed by atoms with Crippen LogP contribution < -0.4 is 5.32 Å². The SMILES string of the molecule is COCc1cc(C(=O)Nc2cc([C@H]3CC[C@@H](N(C(=O)O)C(C)C)C3)[nH]n2)n(C)n1. The third kappa shape index (κ3) is 4.58. The maximum atomic E-state index is 12.5. The number of methoxy groups -OCH3 is 1. The summed E-state index contributed by atoms with van der Waals surface area (Å²) in [7, 11) is 3.27. The van der Waals surface area contributed by atoms with Crippen LogP contribution in [0.25, 0.3) is 0 Å². The molecule has 0 bridgehead atoms. The molecule has 2 atom stereocenters. The van der Waals surface area contributed by atoms with Gasteiger partial charge in [0.2, 0.25) is 0 Å². The average molecular weight is 404 g/mol. The van der Waals surface area contributed by atoms with E-state index in [4.69, 9.17) is 4.74 Å². The van der Waals surface area contributed by atoms with Crippen LogP contribution in [0.3, 0.4) is 0 Å². The van der Waals surface area contributed by atoms with Crippen molar-refractivity contribution in [3.05, 3.63) is 29.2 Å². The molecule has 0 saturated heterocycles. The fourth-order valence-electron chi connectivity index (χ4n) is 4.04. The van der Waals surface area contributed by atoms with Gasteiger partial charge in [0.15, 0.2) is 5.82 Å². The van der Waals surface area contributed by atoms with Gasteiger partial charge >= 0.3 is 6.09 Å². The number of aryl methyl sites for hydroxylation is 1. The summed E-state index contributed by atoms with van der Waals surface area (Å²) in [6, 6.07) is 3.43. The summed E-state index contributed by atoms with van der Waals surface area (Å²) in [6.45, 7) is 4.11. The highest BCUT2D eigenvalue weighted by atomic mass is 16.5. The molecule has 0 spiro atoms. The first-order valence-corrected chi connectivity index (χ1v) is 9.70. The second-order valence-corrected chi connectivity index (χ2v) is 7.69. The first kappa shape index (κ1) is 20.8. The van der Waals surface area contributed by atoms with Crippen LogP contribution in [0.15, 0.2) is 12.1 Å². The molecule has 0 radical (unpaired) electrons. The number of aromatic amines is 1. The van der Waals surface area contributed by atoms with Crippen LogP contribution in [0.4, 0.5) is 10.6 Å². The van der Waals surface area contributed by atoms with E-state index >= 15 is 0 Å². The molecule has 1 fully saturated rings. The number of carbonyl (C=O) groups is 2. The van der Waals surface area contributed by atoms with E-state index in [1.54, 1.807) is 20.2 Å².